The molecule has 0 fully saturated rings. The number of carbonyl (C=O) groups is 1. The van der Waals surface area contributed by atoms with Crippen molar-refractivity contribution in [3.05, 3.63) is 70.7 Å². The summed E-state index contributed by atoms with van der Waals surface area (Å²) in [5.74, 6) is -0.189. The third-order valence-corrected chi connectivity index (χ3v) is 5.51. The van der Waals surface area contributed by atoms with Crippen LogP contribution in [-0.4, -0.2) is 31.4 Å². The van der Waals surface area contributed by atoms with Crippen LogP contribution in [0.2, 0.25) is 5.02 Å². The minimum atomic E-state index is -3.43. The van der Waals surface area contributed by atoms with Gasteiger partial charge in [0, 0.05) is 24.5 Å². The Bertz CT molecular complexity index is 824. The van der Waals surface area contributed by atoms with E-state index in [0.29, 0.717) is 5.02 Å². The summed E-state index contributed by atoms with van der Waals surface area (Å²) < 4.78 is 25.3. The van der Waals surface area contributed by atoms with E-state index in [4.69, 9.17) is 11.6 Å². The third kappa shape index (κ3) is 6.44. The Balaban J connectivity index is 1.94. The third-order valence-electron chi connectivity index (χ3n) is 4.01. The number of benzene rings is 2. The molecule has 26 heavy (non-hydrogen) atoms. The number of nitrogens with one attached hydrogen (secondary N) is 1. The molecule has 0 aliphatic carbocycles. The number of nitrogens with zero attached hydrogens (tertiary/aromatic N) is 1. The van der Waals surface area contributed by atoms with Crippen LogP contribution in [0, 0.1) is 0 Å². The molecule has 0 saturated carbocycles. The van der Waals surface area contributed by atoms with Crippen LogP contribution in [0.4, 0.5) is 0 Å². The fourth-order valence-corrected chi connectivity index (χ4v) is 3.45. The van der Waals surface area contributed by atoms with E-state index in [9.17, 15) is 13.2 Å². The van der Waals surface area contributed by atoms with Gasteiger partial charge >= 0.3 is 0 Å². The summed E-state index contributed by atoms with van der Waals surface area (Å²) in [5.41, 5.74) is 1.82. The standard InChI is InChI=1S/C19H23ClN2O3S/c1-15(17-6-4-3-5-7-17)21-19(23)12-13-22(26(2,24)25)14-16-8-10-18(20)11-9-16/h3-11,15H,12-14H2,1-2H3,(H,21,23). The highest BCUT2D eigenvalue weighted by atomic mass is 35.5. The van der Waals surface area contributed by atoms with E-state index in [-0.39, 0.29) is 31.5 Å². The first-order valence-corrected chi connectivity index (χ1v) is 10.5. The maximum absolute atomic E-state index is 12.2. The highest BCUT2D eigenvalue weighted by molar-refractivity contribution is 7.88. The van der Waals surface area contributed by atoms with Crippen LogP contribution in [0.15, 0.2) is 54.6 Å². The van der Waals surface area contributed by atoms with Crippen LogP contribution >= 0.6 is 11.6 Å². The van der Waals surface area contributed by atoms with E-state index < -0.39 is 10.0 Å². The predicted molar refractivity (Wildman–Crippen MR) is 104 cm³/mol. The fourth-order valence-electron chi connectivity index (χ4n) is 2.52. The molecule has 0 saturated heterocycles. The van der Waals surface area contributed by atoms with E-state index in [1.165, 1.54) is 4.31 Å². The molecule has 1 N–H and O–H groups in total. The Morgan fingerprint density at radius 1 is 1.12 bits per heavy atom. The Morgan fingerprint density at radius 2 is 1.73 bits per heavy atom. The number of rotatable bonds is 8. The van der Waals surface area contributed by atoms with Gasteiger partial charge in [-0.25, -0.2) is 8.42 Å². The molecule has 0 spiro atoms. The molecule has 1 atom stereocenters. The quantitative estimate of drug-likeness (QED) is 0.746. The topological polar surface area (TPSA) is 66.5 Å². The van der Waals surface area contributed by atoms with Crippen molar-refractivity contribution < 1.29 is 13.2 Å². The van der Waals surface area contributed by atoms with Crippen LogP contribution < -0.4 is 5.32 Å². The van der Waals surface area contributed by atoms with Crippen LogP contribution in [-0.2, 0) is 21.4 Å². The molecule has 7 heteroatoms. The average molecular weight is 395 g/mol. The van der Waals surface area contributed by atoms with Crippen LogP contribution in [0.25, 0.3) is 0 Å². The maximum atomic E-state index is 12.2. The van der Waals surface area contributed by atoms with Crippen molar-refractivity contribution in [1.29, 1.82) is 0 Å². The Kier molecular flexibility index (Phi) is 7.20. The van der Waals surface area contributed by atoms with Gasteiger partial charge in [-0.3, -0.25) is 4.79 Å². The van der Waals surface area contributed by atoms with Gasteiger partial charge in [-0.05, 0) is 30.2 Å². The lowest BCUT2D eigenvalue weighted by molar-refractivity contribution is -0.121. The summed E-state index contributed by atoms with van der Waals surface area (Å²) in [6, 6.07) is 16.5. The van der Waals surface area contributed by atoms with Crippen LogP contribution in [0.3, 0.4) is 0 Å². The number of halogens is 1. The van der Waals surface area contributed by atoms with Crippen molar-refractivity contribution in [3.63, 3.8) is 0 Å². The first-order chi connectivity index (χ1) is 12.3. The normalized spacial score (nSPS) is 12.8. The average Bonchev–Trinajstić information content (AvgIpc) is 2.60. The smallest absolute Gasteiger partial charge is 0.221 e. The fraction of sp³-hybridized carbons (Fsp3) is 0.316. The Labute approximate surface area is 160 Å². The molecule has 2 aromatic carbocycles. The van der Waals surface area contributed by atoms with E-state index in [0.717, 1.165) is 17.4 Å². The Morgan fingerprint density at radius 3 is 2.31 bits per heavy atom. The lowest BCUT2D eigenvalue weighted by Gasteiger charge is -2.21. The summed E-state index contributed by atoms with van der Waals surface area (Å²) in [4.78, 5) is 12.2. The van der Waals surface area contributed by atoms with Crippen molar-refractivity contribution in [3.8, 4) is 0 Å². The van der Waals surface area contributed by atoms with Gasteiger partial charge in [-0.1, -0.05) is 54.1 Å². The van der Waals surface area contributed by atoms with Gasteiger partial charge in [-0.2, -0.15) is 4.31 Å². The van der Waals surface area contributed by atoms with Gasteiger partial charge < -0.3 is 5.32 Å². The first kappa shape index (κ1) is 20.4. The first-order valence-electron chi connectivity index (χ1n) is 8.29. The van der Waals surface area contributed by atoms with E-state index in [1.807, 2.05) is 37.3 Å². The van der Waals surface area contributed by atoms with E-state index >= 15 is 0 Å². The van der Waals surface area contributed by atoms with Gasteiger partial charge in [0.1, 0.15) is 0 Å². The van der Waals surface area contributed by atoms with E-state index in [1.54, 1.807) is 24.3 Å². The number of carbonyl (C=O) groups excluding carboxylic acids is 1. The monoisotopic (exact) mass is 394 g/mol. The molecule has 1 unspecified atom stereocenters. The molecule has 2 rings (SSSR count). The summed E-state index contributed by atoms with van der Waals surface area (Å²) in [6.45, 7) is 2.22. The molecule has 2 aromatic rings. The number of hydrogen-bond donors (Lipinski definition) is 1. The zero-order chi connectivity index (χ0) is 19.2. The molecule has 0 aromatic heterocycles. The van der Waals surface area contributed by atoms with Gasteiger partial charge in [-0.15, -0.1) is 0 Å². The highest BCUT2D eigenvalue weighted by Crippen LogP contribution is 2.14. The lowest BCUT2D eigenvalue weighted by atomic mass is 10.1. The molecule has 5 nitrogen and oxygen atoms in total. The van der Waals surface area contributed by atoms with Crippen molar-refractivity contribution in [2.75, 3.05) is 12.8 Å². The SMILES string of the molecule is CC(NC(=O)CCN(Cc1ccc(Cl)cc1)S(C)(=O)=O)c1ccccc1. The summed E-state index contributed by atoms with van der Waals surface area (Å²) in [7, 11) is -3.43. The molecule has 0 radical (unpaired) electrons. The van der Waals surface area contributed by atoms with Crippen LogP contribution in [0.1, 0.15) is 30.5 Å². The van der Waals surface area contributed by atoms with Crippen molar-refractivity contribution in [2.45, 2.75) is 25.9 Å². The zero-order valence-electron chi connectivity index (χ0n) is 14.9. The molecule has 0 heterocycles. The minimum Gasteiger partial charge on any atom is -0.350 e. The van der Waals surface area contributed by atoms with Crippen molar-refractivity contribution in [2.24, 2.45) is 0 Å². The highest BCUT2D eigenvalue weighted by Gasteiger charge is 2.19. The second kappa shape index (κ2) is 9.16. The second-order valence-corrected chi connectivity index (χ2v) is 8.59. The molecular weight excluding hydrogens is 372 g/mol. The lowest BCUT2D eigenvalue weighted by Crippen LogP contribution is -2.35. The second-order valence-electron chi connectivity index (χ2n) is 6.17. The van der Waals surface area contributed by atoms with Crippen molar-refractivity contribution in [1.82, 2.24) is 9.62 Å². The number of amides is 1. The maximum Gasteiger partial charge on any atom is 0.221 e. The summed E-state index contributed by atoms with van der Waals surface area (Å²) in [5, 5.41) is 3.49. The van der Waals surface area contributed by atoms with Gasteiger partial charge in [0.25, 0.3) is 0 Å². The molecular formula is C19H23ClN2O3S. The minimum absolute atomic E-state index is 0.0951. The van der Waals surface area contributed by atoms with E-state index in [2.05, 4.69) is 5.32 Å². The van der Waals surface area contributed by atoms with Crippen molar-refractivity contribution >= 4 is 27.5 Å². The number of hydrogen-bond acceptors (Lipinski definition) is 3. The predicted octanol–water partition coefficient (Wildman–Crippen LogP) is 3.37. The summed E-state index contributed by atoms with van der Waals surface area (Å²) >= 11 is 5.86. The largest absolute Gasteiger partial charge is 0.350 e. The Hall–Kier alpha value is -1.89. The summed E-state index contributed by atoms with van der Waals surface area (Å²) in [6.07, 6.45) is 1.24. The zero-order valence-corrected chi connectivity index (χ0v) is 16.4. The van der Waals surface area contributed by atoms with Gasteiger partial charge in [0.05, 0.1) is 12.3 Å². The molecule has 0 bridgehead atoms. The van der Waals surface area contributed by atoms with Gasteiger partial charge in [0.2, 0.25) is 15.9 Å². The number of sulfonamides is 1. The molecule has 1 amide bonds. The molecule has 140 valence electrons. The molecule has 0 aliphatic heterocycles. The van der Waals surface area contributed by atoms with Crippen LogP contribution in [0.5, 0.6) is 0 Å². The molecule has 0 aliphatic rings. The van der Waals surface area contributed by atoms with Gasteiger partial charge in [0.15, 0.2) is 0 Å².